The third kappa shape index (κ3) is 6.38. The number of imidazole rings is 1. The smallest absolute Gasteiger partial charge is 0.330 e. The van der Waals surface area contributed by atoms with Crippen molar-refractivity contribution in [3.63, 3.8) is 0 Å². The first-order chi connectivity index (χ1) is 28.2. The van der Waals surface area contributed by atoms with Crippen LogP contribution in [-0.2, 0) is 9.59 Å². The fourth-order valence-electron chi connectivity index (χ4n) is 10.1. The van der Waals surface area contributed by atoms with Crippen molar-refractivity contribution in [2.75, 3.05) is 55.4 Å². The molecule has 3 aliphatic heterocycles. The molecule has 15 heteroatoms. The van der Waals surface area contributed by atoms with Crippen molar-refractivity contribution in [3.8, 4) is 0 Å². The number of imide groups is 1. The SMILES string of the molecule is CN(C)C(=O)c1cc2cnc(Nc3ccc(N4CCC5(CC4)CCN(c4cccc6c4n(C4CC4)c(=O)n6[C@H]4CCC(=O)NC4=O)CC5)cn3)nc2n1C1CCCC1. The van der Waals surface area contributed by atoms with Crippen LogP contribution in [-0.4, -0.2) is 91.5 Å². The molecule has 1 aromatic carbocycles. The first-order valence-corrected chi connectivity index (χ1v) is 21.1. The summed E-state index contributed by atoms with van der Waals surface area (Å²) in [4.78, 5) is 72.7. The average molecular weight is 786 g/mol. The van der Waals surface area contributed by atoms with E-state index in [2.05, 4.69) is 42.1 Å². The minimum atomic E-state index is -0.681. The zero-order valence-electron chi connectivity index (χ0n) is 33.3. The zero-order chi connectivity index (χ0) is 39.7. The molecule has 1 spiro atoms. The van der Waals surface area contributed by atoms with Crippen molar-refractivity contribution in [1.82, 2.24) is 38.9 Å². The Morgan fingerprint density at radius 3 is 2.22 bits per heavy atom. The van der Waals surface area contributed by atoms with Gasteiger partial charge in [-0.15, -0.1) is 0 Å². The Labute approximate surface area is 336 Å². The van der Waals surface area contributed by atoms with Crippen molar-refractivity contribution in [3.05, 3.63) is 65.0 Å². The van der Waals surface area contributed by atoms with Crippen molar-refractivity contribution in [1.29, 1.82) is 0 Å². The minimum absolute atomic E-state index is 0.0265. The number of anilines is 4. The van der Waals surface area contributed by atoms with Crippen LogP contribution in [0.3, 0.4) is 0 Å². The molecule has 7 heterocycles. The predicted octanol–water partition coefficient (Wildman–Crippen LogP) is 5.70. The van der Waals surface area contributed by atoms with Gasteiger partial charge >= 0.3 is 5.69 Å². The molecule has 5 aromatic rings. The normalized spacial score (nSPS) is 21.3. The molecule has 2 saturated carbocycles. The molecule has 0 bridgehead atoms. The van der Waals surface area contributed by atoms with Crippen LogP contribution in [0.5, 0.6) is 0 Å². The lowest BCUT2D eigenvalue weighted by Gasteiger charge is -2.48. The Kier molecular flexibility index (Phi) is 9.01. The van der Waals surface area contributed by atoms with Crippen LogP contribution in [0.1, 0.15) is 106 Å². The van der Waals surface area contributed by atoms with Crippen LogP contribution in [0.2, 0.25) is 0 Å². The van der Waals surface area contributed by atoms with Crippen LogP contribution in [0.15, 0.2) is 53.6 Å². The number of benzene rings is 1. The van der Waals surface area contributed by atoms with E-state index < -0.39 is 11.9 Å². The van der Waals surface area contributed by atoms with Gasteiger partial charge in [0.15, 0.2) is 0 Å². The van der Waals surface area contributed by atoms with Gasteiger partial charge in [-0.05, 0) is 93.5 Å². The van der Waals surface area contributed by atoms with Crippen molar-refractivity contribution in [2.24, 2.45) is 5.41 Å². The number of pyridine rings is 1. The van der Waals surface area contributed by atoms with Crippen LogP contribution in [0, 0.1) is 5.41 Å². The second kappa shape index (κ2) is 14.3. The van der Waals surface area contributed by atoms with Crippen molar-refractivity contribution < 1.29 is 14.4 Å². The Morgan fingerprint density at radius 1 is 0.828 bits per heavy atom. The van der Waals surface area contributed by atoms with Gasteiger partial charge in [0.2, 0.25) is 17.8 Å². The van der Waals surface area contributed by atoms with E-state index in [1.807, 2.05) is 35.0 Å². The number of aromatic nitrogens is 6. The average Bonchev–Trinajstić information content (AvgIpc) is 3.63. The summed E-state index contributed by atoms with van der Waals surface area (Å²) in [5.74, 6) is 0.427. The number of amides is 3. The van der Waals surface area contributed by atoms with Gasteiger partial charge in [0.1, 0.15) is 23.2 Å². The summed E-state index contributed by atoms with van der Waals surface area (Å²) in [7, 11) is 3.57. The summed E-state index contributed by atoms with van der Waals surface area (Å²) < 4.78 is 5.70. The third-order valence-corrected chi connectivity index (χ3v) is 13.6. The summed E-state index contributed by atoms with van der Waals surface area (Å²) in [5.41, 5.74) is 5.43. The lowest BCUT2D eigenvalue weighted by Crippen LogP contribution is -2.47. The first-order valence-electron chi connectivity index (χ1n) is 21.1. The Balaban J connectivity index is 0.803. The standard InChI is InChI=1S/C43H51N11O4/c1-49(2)40(57)34-24-27-25-45-41(48-38(27)52(34)28-6-3-4-7-28)46-35-14-12-30(26-44-35)50-20-16-43(17-21-50)18-22-51(23-19-43)31-8-5-9-32-37(31)53(29-10-11-29)42(58)54(32)33-13-15-36(55)47-39(33)56/h5,8-9,12,14,24-26,28-29,33H,3-4,6-7,10-11,13,15-23H2,1-2H3,(H,47,55,56)(H,44,45,46,48)/t33-/m0/s1. The van der Waals surface area contributed by atoms with E-state index in [4.69, 9.17) is 9.97 Å². The molecular formula is C43H51N11O4. The predicted molar refractivity (Wildman–Crippen MR) is 222 cm³/mol. The Bertz CT molecular complexity index is 2470. The summed E-state index contributed by atoms with van der Waals surface area (Å²) in [5, 5.41) is 6.61. The highest BCUT2D eigenvalue weighted by Gasteiger charge is 2.40. The number of nitrogens with one attached hydrogen (secondary N) is 2. The number of carbonyl (C=O) groups excluding carboxylic acids is 3. The molecule has 10 rings (SSSR count). The van der Waals surface area contributed by atoms with Crippen LogP contribution in [0.4, 0.5) is 23.1 Å². The summed E-state index contributed by atoms with van der Waals surface area (Å²) >= 11 is 0. The summed E-state index contributed by atoms with van der Waals surface area (Å²) in [6.07, 6.45) is 15.0. The van der Waals surface area contributed by atoms with Crippen molar-refractivity contribution in [2.45, 2.75) is 95.2 Å². The summed E-state index contributed by atoms with van der Waals surface area (Å²) in [6.45, 7) is 3.75. The molecule has 5 fully saturated rings. The number of nitrogens with zero attached hydrogens (tertiary/aromatic N) is 9. The molecule has 3 amide bonds. The fourth-order valence-corrected chi connectivity index (χ4v) is 10.1. The van der Waals surface area contributed by atoms with Crippen molar-refractivity contribution >= 4 is 62.9 Å². The second-order valence-electron chi connectivity index (χ2n) is 17.4. The molecule has 0 radical (unpaired) electrons. The molecule has 2 aliphatic carbocycles. The number of hydrogen-bond acceptors (Lipinski definition) is 10. The number of fused-ring (bicyclic) bond motifs is 2. The van der Waals surface area contributed by atoms with E-state index in [1.54, 1.807) is 29.8 Å². The highest BCUT2D eigenvalue weighted by Crippen LogP contribution is 2.45. The Hall–Kier alpha value is -5.73. The second-order valence-corrected chi connectivity index (χ2v) is 17.4. The van der Waals surface area contributed by atoms with Gasteiger partial charge in [0.05, 0.1) is 28.6 Å². The number of para-hydroxylation sites is 1. The molecule has 0 unspecified atom stereocenters. The van der Waals surface area contributed by atoms with Gasteiger partial charge in [-0.2, -0.15) is 4.98 Å². The molecule has 3 saturated heterocycles. The minimum Gasteiger partial charge on any atom is -0.370 e. The van der Waals surface area contributed by atoms with E-state index >= 15 is 0 Å². The lowest BCUT2D eigenvalue weighted by molar-refractivity contribution is -0.135. The lowest BCUT2D eigenvalue weighted by atomic mass is 9.71. The molecule has 5 aliphatic rings. The van der Waals surface area contributed by atoms with Crippen LogP contribution >= 0.6 is 0 Å². The zero-order valence-corrected chi connectivity index (χ0v) is 33.3. The van der Waals surface area contributed by atoms with Gasteiger partial charge in [0, 0.05) is 70.4 Å². The number of piperidine rings is 3. The maximum absolute atomic E-state index is 14.0. The van der Waals surface area contributed by atoms with Gasteiger partial charge in [-0.25, -0.2) is 14.8 Å². The van der Waals surface area contributed by atoms with E-state index in [9.17, 15) is 19.2 Å². The van der Waals surface area contributed by atoms with Gasteiger partial charge in [-0.3, -0.25) is 28.8 Å². The van der Waals surface area contributed by atoms with Crippen LogP contribution in [0.25, 0.3) is 22.1 Å². The van der Waals surface area contributed by atoms with E-state index in [-0.39, 0.29) is 41.4 Å². The molecular weight excluding hydrogens is 735 g/mol. The van der Waals surface area contributed by atoms with E-state index in [0.29, 0.717) is 23.9 Å². The molecule has 302 valence electrons. The molecule has 4 aromatic heterocycles. The fraction of sp³-hybridized carbons (Fsp3) is 0.512. The largest absolute Gasteiger partial charge is 0.370 e. The monoisotopic (exact) mass is 785 g/mol. The summed E-state index contributed by atoms with van der Waals surface area (Å²) in [6, 6.07) is 11.8. The number of hydrogen-bond donors (Lipinski definition) is 2. The maximum Gasteiger partial charge on any atom is 0.330 e. The number of carbonyl (C=O) groups is 3. The highest BCUT2D eigenvalue weighted by atomic mass is 16.2. The first kappa shape index (κ1) is 36.6. The van der Waals surface area contributed by atoms with Gasteiger partial charge in [-0.1, -0.05) is 18.9 Å². The highest BCUT2D eigenvalue weighted by molar-refractivity contribution is 6.01. The third-order valence-electron chi connectivity index (χ3n) is 13.6. The topological polar surface area (TPSA) is 156 Å². The molecule has 58 heavy (non-hydrogen) atoms. The molecule has 15 nitrogen and oxygen atoms in total. The van der Waals surface area contributed by atoms with E-state index in [0.717, 1.165) is 124 Å². The number of rotatable bonds is 8. The quantitative estimate of drug-likeness (QED) is 0.187. The van der Waals surface area contributed by atoms with Crippen LogP contribution < -0.4 is 26.1 Å². The molecule has 1 atom stereocenters. The maximum atomic E-state index is 14.0. The Morgan fingerprint density at radius 2 is 1.55 bits per heavy atom. The van der Waals surface area contributed by atoms with Gasteiger partial charge < -0.3 is 24.6 Å². The van der Waals surface area contributed by atoms with Gasteiger partial charge in [0.25, 0.3) is 5.91 Å². The van der Waals surface area contributed by atoms with E-state index in [1.165, 1.54) is 0 Å². The molecule has 2 N–H and O–H groups in total.